The predicted molar refractivity (Wildman–Crippen MR) is 80.9 cm³/mol. The van der Waals surface area contributed by atoms with E-state index < -0.39 is 0 Å². The summed E-state index contributed by atoms with van der Waals surface area (Å²) in [7, 11) is 0. The Morgan fingerprint density at radius 1 is 1.37 bits per heavy atom. The maximum atomic E-state index is 6.07. The van der Waals surface area contributed by atoms with Crippen molar-refractivity contribution in [2.45, 2.75) is 51.5 Å². The molecule has 2 nitrogen and oxygen atoms in total. The lowest BCUT2D eigenvalue weighted by molar-refractivity contribution is 0.249. The molecular formula is C16H24ClNO. The van der Waals surface area contributed by atoms with E-state index in [4.69, 9.17) is 22.1 Å². The highest BCUT2D eigenvalue weighted by Crippen LogP contribution is 2.28. The van der Waals surface area contributed by atoms with Crippen molar-refractivity contribution in [1.29, 1.82) is 0 Å². The molecule has 1 aromatic rings. The molecule has 1 fully saturated rings. The predicted octanol–water partition coefficient (Wildman–Crippen LogP) is 4.19. The Bertz CT molecular complexity index is 402. The van der Waals surface area contributed by atoms with Crippen LogP contribution in [-0.4, -0.2) is 12.6 Å². The van der Waals surface area contributed by atoms with Gasteiger partial charge in [-0.15, -0.1) is 0 Å². The van der Waals surface area contributed by atoms with Gasteiger partial charge < -0.3 is 10.5 Å². The Kier molecular flexibility index (Phi) is 5.53. The first-order chi connectivity index (χ1) is 9.19. The molecule has 1 atom stereocenters. The Morgan fingerprint density at radius 3 is 2.79 bits per heavy atom. The van der Waals surface area contributed by atoms with Crippen LogP contribution in [0.4, 0.5) is 0 Å². The number of rotatable bonds is 6. The third-order valence-electron chi connectivity index (χ3n) is 3.98. The fourth-order valence-corrected chi connectivity index (χ4v) is 2.85. The van der Waals surface area contributed by atoms with E-state index in [0.29, 0.717) is 0 Å². The molecule has 106 valence electrons. The summed E-state index contributed by atoms with van der Waals surface area (Å²) in [5.74, 6) is 1.68. The van der Waals surface area contributed by atoms with E-state index in [9.17, 15) is 0 Å². The standard InChI is InChI=1S/C16H24ClNO/c1-2-15(18)10-13-9-14(17)7-8-16(13)19-11-12-5-3-4-6-12/h7-9,12,15H,2-6,10-11,18H2,1H3. The average molecular weight is 282 g/mol. The van der Waals surface area contributed by atoms with Crippen LogP contribution in [0.15, 0.2) is 18.2 Å². The van der Waals surface area contributed by atoms with Gasteiger partial charge in [0, 0.05) is 11.1 Å². The monoisotopic (exact) mass is 281 g/mol. The molecule has 1 aliphatic carbocycles. The van der Waals surface area contributed by atoms with Crippen LogP contribution >= 0.6 is 11.6 Å². The van der Waals surface area contributed by atoms with Crippen molar-refractivity contribution in [1.82, 2.24) is 0 Å². The quantitative estimate of drug-likeness (QED) is 0.849. The first kappa shape index (κ1) is 14.7. The van der Waals surface area contributed by atoms with Gasteiger partial charge in [0.1, 0.15) is 5.75 Å². The van der Waals surface area contributed by atoms with E-state index in [0.717, 1.165) is 41.7 Å². The topological polar surface area (TPSA) is 35.2 Å². The molecular weight excluding hydrogens is 258 g/mol. The van der Waals surface area contributed by atoms with E-state index in [1.54, 1.807) is 0 Å². The van der Waals surface area contributed by atoms with E-state index in [1.807, 2.05) is 18.2 Å². The van der Waals surface area contributed by atoms with E-state index in [2.05, 4.69) is 6.92 Å². The molecule has 0 amide bonds. The fraction of sp³-hybridized carbons (Fsp3) is 0.625. The van der Waals surface area contributed by atoms with Gasteiger partial charge in [0.15, 0.2) is 0 Å². The molecule has 0 heterocycles. The highest BCUT2D eigenvalue weighted by molar-refractivity contribution is 6.30. The summed E-state index contributed by atoms with van der Waals surface area (Å²) in [6.45, 7) is 2.93. The molecule has 0 aromatic heterocycles. The molecule has 2 N–H and O–H groups in total. The van der Waals surface area contributed by atoms with Gasteiger partial charge in [-0.25, -0.2) is 0 Å². The van der Waals surface area contributed by atoms with Crippen molar-refractivity contribution in [2.24, 2.45) is 11.7 Å². The lowest BCUT2D eigenvalue weighted by Gasteiger charge is -2.17. The molecule has 2 rings (SSSR count). The van der Waals surface area contributed by atoms with Crippen molar-refractivity contribution in [2.75, 3.05) is 6.61 Å². The van der Waals surface area contributed by atoms with E-state index >= 15 is 0 Å². The van der Waals surface area contributed by atoms with Gasteiger partial charge >= 0.3 is 0 Å². The zero-order valence-corrected chi connectivity index (χ0v) is 12.5. The zero-order valence-electron chi connectivity index (χ0n) is 11.7. The molecule has 1 unspecified atom stereocenters. The zero-order chi connectivity index (χ0) is 13.7. The van der Waals surface area contributed by atoms with Crippen molar-refractivity contribution < 1.29 is 4.74 Å². The first-order valence-electron chi connectivity index (χ1n) is 7.36. The molecule has 19 heavy (non-hydrogen) atoms. The fourth-order valence-electron chi connectivity index (χ4n) is 2.66. The normalized spacial score (nSPS) is 17.6. The molecule has 0 bridgehead atoms. The van der Waals surface area contributed by atoms with Gasteiger partial charge in [0.05, 0.1) is 6.61 Å². The van der Waals surface area contributed by atoms with E-state index in [1.165, 1.54) is 25.7 Å². The number of nitrogens with two attached hydrogens (primary N) is 1. The second-order valence-electron chi connectivity index (χ2n) is 5.59. The summed E-state index contributed by atoms with van der Waals surface area (Å²) in [4.78, 5) is 0. The molecule has 0 radical (unpaired) electrons. The Labute approximate surface area is 121 Å². The molecule has 1 saturated carbocycles. The van der Waals surface area contributed by atoms with Crippen molar-refractivity contribution in [3.05, 3.63) is 28.8 Å². The largest absolute Gasteiger partial charge is 0.493 e. The van der Waals surface area contributed by atoms with Crippen LogP contribution in [0.2, 0.25) is 5.02 Å². The highest BCUT2D eigenvalue weighted by Gasteiger charge is 2.16. The van der Waals surface area contributed by atoms with Crippen LogP contribution in [0.1, 0.15) is 44.6 Å². The van der Waals surface area contributed by atoms with Gasteiger partial charge in [0.2, 0.25) is 0 Å². The number of halogens is 1. The van der Waals surface area contributed by atoms with Gasteiger partial charge in [-0.1, -0.05) is 31.4 Å². The molecule has 1 aliphatic rings. The maximum Gasteiger partial charge on any atom is 0.122 e. The van der Waals surface area contributed by atoms with Gasteiger partial charge in [-0.3, -0.25) is 0 Å². The smallest absolute Gasteiger partial charge is 0.122 e. The van der Waals surface area contributed by atoms with Crippen LogP contribution in [0.25, 0.3) is 0 Å². The van der Waals surface area contributed by atoms with E-state index in [-0.39, 0.29) is 6.04 Å². The summed E-state index contributed by atoms with van der Waals surface area (Å²) >= 11 is 6.07. The summed E-state index contributed by atoms with van der Waals surface area (Å²) in [6.07, 6.45) is 7.10. The third-order valence-corrected chi connectivity index (χ3v) is 4.21. The second-order valence-corrected chi connectivity index (χ2v) is 6.02. The molecule has 0 spiro atoms. The van der Waals surface area contributed by atoms with Crippen molar-refractivity contribution >= 4 is 11.6 Å². The Balaban J connectivity index is 2.00. The van der Waals surface area contributed by atoms with Gasteiger partial charge in [0.25, 0.3) is 0 Å². The molecule has 0 aliphatic heterocycles. The van der Waals surface area contributed by atoms with Crippen LogP contribution in [-0.2, 0) is 6.42 Å². The first-order valence-corrected chi connectivity index (χ1v) is 7.73. The Hall–Kier alpha value is -0.730. The van der Waals surface area contributed by atoms with Crippen LogP contribution in [0.3, 0.4) is 0 Å². The number of hydrogen-bond donors (Lipinski definition) is 1. The Morgan fingerprint density at radius 2 is 2.11 bits per heavy atom. The number of hydrogen-bond acceptors (Lipinski definition) is 2. The average Bonchev–Trinajstić information content (AvgIpc) is 2.91. The number of benzene rings is 1. The second kappa shape index (κ2) is 7.16. The van der Waals surface area contributed by atoms with Gasteiger partial charge in [-0.05, 0) is 55.4 Å². The SMILES string of the molecule is CCC(N)Cc1cc(Cl)ccc1OCC1CCCC1. The summed E-state index contributed by atoms with van der Waals surface area (Å²) in [5, 5.41) is 0.756. The summed E-state index contributed by atoms with van der Waals surface area (Å²) in [5.41, 5.74) is 7.18. The lowest BCUT2D eigenvalue weighted by Crippen LogP contribution is -2.22. The minimum absolute atomic E-state index is 0.173. The van der Waals surface area contributed by atoms with Crippen molar-refractivity contribution in [3.63, 3.8) is 0 Å². The van der Waals surface area contributed by atoms with Crippen LogP contribution in [0, 0.1) is 5.92 Å². The van der Waals surface area contributed by atoms with Gasteiger partial charge in [-0.2, -0.15) is 0 Å². The molecule has 1 aromatic carbocycles. The minimum Gasteiger partial charge on any atom is -0.493 e. The van der Waals surface area contributed by atoms with Crippen LogP contribution in [0.5, 0.6) is 5.75 Å². The molecule has 0 saturated heterocycles. The highest BCUT2D eigenvalue weighted by atomic mass is 35.5. The summed E-state index contributed by atoms with van der Waals surface area (Å²) in [6, 6.07) is 6.04. The molecule has 3 heteroatoms. The van der Waals surface area contributed by atoms with Crippen molar-refractivity contribution in [3.8, 4) is 5.75 Å². The third kappa shape index (κ3) is 4.39. The summed E-state index contributed by atoms with van der Waals surface area (Å²) < 4.78 is 6.01. The lowest BCUT2D eigenvalue weighted by atomic mass is 10.0. The minimum atomic E-state index is 0.173. The van der Waals surface area contributed by atoms with Crippen LogP contribution < -0.4 is 10.5 Å². The number of ether oxygens (including phenoxy) is 1. The maximum absolute atomic E-state index is 6.07.